The minimum absolute atomic E-state index is 0. The van der Waals surface area contributed by atoms with Crippen molar-refractivity contribution >= 4 is 93.9 Å². The van der Waals surface area contributed by atoms with E-state index < -0.39 is 0 Å². The molecule has 0 atom stereocenters. The predicted molar refractivity (Wildman–Crippen MR) is 273 cm³/mol. The first-order valence-corrected chi connectivity index (χ1v) is 21.9. The Bertz CT molecular complexity index is 1790. The molecule has 0 bridgehead atoms. The van der Waals surface area contributed by atoms with Gasteiger partial charge < -0.3 is 49.8 Å². The summed E-state index contributed by atoms with van der Waals surface area (Å²) < 4.78 is 0. The smallest absolute Gasteiger partial charge is 0.0937 e. The van der Waals surface area contributed by atoms with Crippen molar-refractivity contribution in [1.29, 1.82) is 0 Å². The van der Waals surface area contributed by atoms with Crippen LogP contribution in [0.3, 0.4) is 0 Å². The number of hydrogen-bond donors (Lipinski definition) is 1. The fraction of sp³-hybridized carbons (Fsp3) is 0.348. The molecule has 59 heavy (non-hydrogen) atoms. The van der Waals surface area contributed by atoms with Crippen LogP contribution in [0.4, 0.5) is 56.9 Å². The SMILES string of the molecule is CN(C)c1ccc(N)cc1.CN(C)c1ccc(N2CN(c3ccc(N(C)C)cc3)CN(c3ccc(N(C)C)cc3)C2)cc1.CN(C)c1ccc(N2CSCSC2)cc1.S. The van der Waals surface area contributed by atoms with Gasteiger partial charge >= 0.3 is 0 Å². The zero-order valence-corrected chi connectivity index (χ0v) is 39.3. The zero-order valence-electron chi connectivity index (χ0n) is 36.7. The van der Waals surface area contributed by atoms with Crippen LogP contribution in [0.15, 0.2) is 121 Å². The van der Waals surface area contributed by atoms with E-state index in [2.05, 4.69) is 193 Å². The molecular weight excluding hydrogens is 789 g/mol. The van der Waals surface area contributed by atoms with Crippen molar-refractivity contribution in [2.24, 2.45) is 0 Å². The molecule has 2 aliphatic heterocycles. The molecule has 5 aromatic carbocycles. The average molecular weight is 855 g/mol. The van der Waals surface area contributed by atoms with Crippen molar-refractivity contribution < 1.29 is 0 Å². The van der Waals surface area contributed by atoms with Crippen molar-refractivity contribution in [2.45, 2.75) is 0 Å². The first-order chi connectivity index (χ1) is 27.8. The van der Waals surface area contributed by atoms with Crippen molar-refractivity contribution in [2.75, 3.05) is 157 Å². The van der Waals surface area contributed by atoms with Gasteiger partial charge in [-0.1, -0.05) is 0 Å². The van der Waals surface area contributed by atoms with Crippen LogP contribution in [0, 0.1) is 0 Å². The third-order valence-electron chi connectivity index (χ3n) is 10.0. The van der Waals surface area contributed by atoms with Crippen LogP contribution in [0.1, 0.15) is 0 Å². The zero-order chi connectivity index (χ0) is 41.8. The highest BCUT2D eigenvalue weighted by Crippen LogP contribution is 2.31. The lowest BCUT2D eigenvalue weighted by atomic mass is 10.2. The minimum atomic E-state index is 0. The van der Waals surface area contributed by atoms with E-state index in [1.54, 1.807) is 0 Å². The Kier molecular flexibility index (Phi) is 17.9. The van der Waals surface area contributed by atoms with Crippen molar-refractivity contribution in [3.63, 3.8) is 0 Å². The van der Waals surface area contributed by atoms with Crippen LogP contribution >= 0.6 is 37.0 Å². The maximum Gasteiger partial charge on any atom is 0.0937 e. The molecule has 0 aromatic heterocycles. The largest absolute Gasteiger partial charge is 0.399 e. The van der Waals surface area contributed by atoms with E-state index >= 15 is 0 Å². The number of benzene rings is 5. The van der Waals surface area contributed by atoms with E-state index in [1.807, 2.05) is 66.8 Å². The Labute approximate surface area is 370 Å². The summed E-state index contributed by atoms with van der Waals surface area (Å²) in [5.41, 5.74) is 17.4. The van der Waals surface area contributed by atoms with Gasteiger partial charge in [0, 0.05) is 132 Å². The van der Waals surface area contributed by atoms with E-state index in [0.29, 0.717) is 0 Å². The lowest BCUT2D eigenvalue weighted by Crippen LogP contribution is -2.55. The second-order valence-electron chi connectivity index (χ2n) is 15.5. The molecule has 2 heterocycles. The molecule has 0 unspecified atom stereocenters. The predicted octanol–water partition coefficient (Wildman–Crippen LogP) is 8.95. The molecule has 2 saturated heterocycles. The second-order valence-corrected chi connectivity index (χ2v) is 17.8. The van der Waals surface area contributed by atoms with E-state index in [1.165, 1.54) is 56.3 Å². The molecule has 7 rings (SSSR count). The molecule has 10 nitrogen and oxygen atoms in total. The quantitative estimate of drug-likeness (QED) is 0.144. The van der Waals surface area contributed by atoms with Crippen LogP contribution in [-0.4, -0.2) is 107 Å². The van der Waals surface area contributed by atoms with E-state index in [9.17, 15) is 0 Å². The van der Waals surface area contributed by atoms with Gasteiger partial charge in [0.1, 0.15) is 0 Å². The topological polar surface area (TPSA) is 55.2 Å². The number of nitrogens with zero attached hydrogens (tertiary/aromatic N) is 9. The monoisotopic (exact) mass is 854 g/mol. The third kappa shape index (κ3) is 13.6. The lowest BCUT2D eigenvalue weighted by molar-refractivity contribution is 0.611. The van der Waals surface area contributed by atoms with Crippen molar-refractivity contribution in [1.82, 2.24) is 0 Å². The van der Waals surface area contributed by atoms with Gasteiger partial charge in [-0.3, -0.25) is 0 Å². The molecule has 0 radical (unpaired) electrons. The second kappa shape index (κ2) is 22.5. The molecule has 2 aliphatic rings. The Morgan fingerprint density at radius 1 is 0.356 bits per heavy atom. The summed E-state index contributed by atoms with van der Waals surface area (Å²) in [7, 11) is 20.6. The molecule has 0 amide bonds. The van der Waals surface area contributed by atoms with Crippen molar-refractivity contribution in [3.8, 4) is 0 Å². The Morgan fingerprint density at radius 2 is 0.576 bits per heavy atom. The van der Waals surface area contributed by atoms with Gasteiger partial charge in [0.05, 0.1) is 31.8 Å². The highest BCUT2D eigenvalue weighted by atomic mass is 32.2. The lowest BCUT2D eigenvalue weighted by Gasteiger charge is -2.45. The van der Waals surface area contributed by atoms with Crippen LogP contribution in [0.5, 0.6) is 0 Å². The summed E-state index contributed by atoms with van der Waals surface area (Å²) in [4.78, 5) is 20.3. The molecule has 318 valence electrons. The fourth-order valence-corrected chi connectivity index (χ4v) is 8.51. The first kappa shape index (κ1) is 46.8. The molecule has 0 saturated carbocycles. The summed E-state index contributed by atoms with van der Waals surface area (Å²) in [6.45, 7) is 2.53. The summed E-state index contributed by atoms with van der Waals surface area (Å²) in [6.07, 6.45) is 0. The molecule has 2 fully saturated rings. The summed E-state index contributed by atoms with van der Waals surface area (Å²) >= 11 is 3.97. The first-order valence-electron chi connectivity index (χ1n) is 19.6. The minimum Gasteiger partial charge on any atom is -0.399 e. The highest BCUT2D eigenvalue weighted by Gasteiger charge is 2.25. The fourth-order valence-electron chi connectivity index (χ4n) is 6.40. The number of anilines is 10. The van der Waals surface area contributed by atoms with E-state index in [4.69, 9.17) is 5.73 Å². The Balaban J connectivity index is 0.000000242. The van der Waals surface area contributed by atoms with Crippen molar-refractivity contribution in [3.05, 3.63) is 121 Å². The normalized spacial score (nSPS) is 13.5. The van der Waals surface area contributed by atoms with Crippen LogP contribution in [0.2, 0.25) is 0 Å². The van der Waals surface area contributed by atoms with Gasteiger partial charge in [0.25, 0.3) is 0 Å². The molecule has 5 aromatic rings. The average Bonchev–Trinajstić information content (AvgIpc) is 3.24. The highest BCUT2D eigenvalue weighted by molar-refractivity contribution is 8.16. The standard InChI is InChI=1S/C27H36N6.C11H16N2S2.C8H12N2.H2S/c1-28(2)22-7-13-25(14-8-22)31-19-32(26-15-9-23(10-16-26)29(3)4)21-33(20-31)27-17-11-24(12-18-27)30(5)6;1-12(2)10-3-5-11(6-4-10)13-7-14-9-15-8-13;1-10(2)8-5-3-7(9)4-6-8;/h7-18H,19-21H2,1-6H3;3-6H,7-9H2,1-2H3;3-6H,9H2,1-2H3;1H2. The van der Waals surface area contributed by atoms with Gasteiger partial charge in [0.2, 0.25) is 0 Å². The summed E-state index contributed by atoms with van der Waals surface area (Å²) in [5.74, 6) is 2.24. The van der Waals surface area contributed by atoms with E-state index in [0.717, 1.165) is 37.4 Å². The van der Waals surface area contributed by atoms with Gasteiger partial charge in [-0.15, -0.1) is 23.5 Å². The number of rotatable bonds is 9. The molecule has 2 N–H and O–H groups in total. The Morgan fingerprint density at radius 3 is 0.814 bits per heavy atom. The van der Waals surface area contributed by atoms with Gasteiger partial charge in [-0.2, -0.15) is 13.5 Å². The Hall–Kier alpha value is -4.85. The maximum absolute atomic E-state index is 5.51. The van der Waals surface area contributed by atoms with Gasteiger partial charge in [0.15, 0.2) is 0 Å². The third-order valence-corrected chi connectivity index (χ3v) is 12.3. The van der Waals surface area contributed by atoms with Gasteiger partial charge in [-0.25, -0.2) is 0 Å². The summed E-state index contributed by atoms with van der Waals surface area (Å²) in [6, 6.07) is 43.1. The molecular formula is C46H66N10S3. The van der Waals surface area contributed by atoms with Crippen LogP contribution in [-0.2, 0) is 0 Å². The molecule has 0 spiro atoms. The van der Waals surface area contributed by atoms with E-state index in [-0.39, 0.29) is 13.5 Å². The van der Waals surface area contributed by atoms with Gasteiger partial charge in [-0.05, 0) is 121 Å². The number of thioether (sulfide) groups is 2. The maximum atomic E-state index is 5.51. The number of hydrogen-bond acceptors (Lipinski definition) is 12. The summed E-state index contributed by atoms with van der Waals surface area (Å²) in [5, 5.41) is 1.23. The molecule has 0 aliphatic carbocycles. The molecule has 13 heteroatoms. The number of nitrogen functional groups attached to an aromatic ring is 1. The van der Waals surface area contributed by atoms with Crippen LogP contribution < -0.4 is 49.8 Å². The number of nitrogens with two attached hydrogens (primary N) is 1. The van der Waals surface area contributed by atoms with Crippen LogP contribution in [0.25, 0.3) is 0 Å².